The summed E-state index contributed by atoms with van der Waals surface area (Å²) >= 11 is 0. The van der Waals surface area contributed by atoms with Gasteiger partial charge in [-0.25, -0.2) is 9.97 Å². The third kappa shape index (κ3) is 1.49. The van der Waals surface area contributed by atoms with Crippen LogP contribution in [0.5, 0.6) is 0 Å². The van der Waals surface area contributed by atoms with Crippen LogP contribution in [0.1, 0.15) is 31.4 Å². The molecule has 0 unspecified atom stereocenters. The van der Waals surface area contributed by atoms with E-state index in [1.165, 1.54) is 6.33 Å². The van der Waals surface area contributed by atoms with Crippen LogP contribution in [0.25, 0.3) is 10.9 Å². The van der Waals surface area contributed by atoms with Gasteiger partial charge in [-0.05, 0) is 18.9 Å². The van der Waals surface area contributed by atoms with Crippen molar-refractivity contribution in [3.8, 4) is 0 Å². The lowest BCUT2D eigenvalue weighted by molar-refractivity contribution is -0.143. The Morgan fingerprint density at radius 2 is 1.89 bits per heavy atom. The lowest BCUT2D eigenvalue weighted by atomic mass is 9.81. The maximum Gasteiger partial charge on any atom is 0.315 e. The first-order chi connectivity index (χ1) is 8.74. The number of hydrogen-bond acceptors (Lipinski definition) is 3. The summed E-state index contributed by atoms with van der Waals surface area (Å²) in [7, 11) is 0. The molecule has 18 heavy (non-hydrogen) atoms. The zero-order valence-corrected chi connectivity index (χ0v) is 9.97. The first-order valence-corrected chi connectivity index (χ1v) is 6.18. The number of aliphatic carboxylic acids is 1. The molecule has 92 valence electrons. The molecule has 0 aliphatic heterocycles. The SMILES string of the molecule is O=C(O)C1(c2ncnc3ccccc23)CCCC1. The average Bonchev–Trinajstić information content (AvgIpc) is 2.88. The van der Waals surface area contributed by atoms with Crippen molar-refractivity contribution in [2.75, 3.05) is 0 Å². The summed E-state index contributed by atoms with van der Waals surface area (Å²) in [4.78, 5) is 20.2. The Labute approximate surface area is 105 Å². The van der Waals surface area contributed by atoms with Crippen LogP contribution < -0.4 is 0 Å². The number of hydrogen-bond donors (Lipinski definition) is 1. The number of benzene rings is 1. The molecule has 0 bridgehead atoms. The molecular weight excluding hydrogens is 228 g/mol. The van der Waals surface area contributed by atoms with Gasteiger partial charge in [-0.1, -0.05) is 31.0 Å². The average molecular weight is 242 g/mol. The maximum atomic E-state index is 11.7. The maximum absolute atomic E-state index is 11.7. The third-order valence-electron chi connectivity index (χ3n) is 3.86. The zero-order chi connectivity index (χ0) is 12.6. The fourth-order valence-electron chi connectivity index (χ4n) is 2.92. The van der Waals surface area contributed by atoms with Gasteiger partial charge in [0.15, 0.2) is 0 Å². The Morgan fingerprint density at radius 1 is 1.17 bits per heavy atom. The van der Waals surface area contributed by atoms with E-state index in [0.29, 0.717) is 18.5 Å². The largest absolute Gasteiger partial charge is 0.481 e. The van der Waals surface area contributed by atoms with Crippen molar-refractivity contribution in [1.82, 2.24) is 9.97 Å². The molecule has 0 atom stereocenters. The summed E-state index contributed by atoms with van der Waals surface area (Å²) in [6, 6.07) is 7.61. The van der Waals surface area contributed by atoms with Crippen molar-refractivity contribution in [3.63, 3.8) is 0 Å². The standard InChI is InChI=1S/C14H14N2O2/c17-13(18)14(7-3-4-8-14)12-10-5-1-2-6-11(10)15-9-16-12/h1-2,5-6,9H,3-4,7-8H2,(H,17,18). The third-order valence-corrected chi connectivity index (χ3v) is 3.86. The molecule has 4 nitrogen and oxygen atoms in total. The molecule has 3 rings (SSSR count). The Hall–Kier alpha value is -1.97. The fraction of sp³-hybridized carbons (Fsp3) is 0.357. The fourth-order valence-corrected chi connectivity index (χ4v) is 2.92. The highest BCUT2D eigenvalue weighted by atomic mass is 16.4. The van der Waals surface area contributed by atoms with Crippen LogP contribution in [0.4, 0.5) is 0 Å². The molecule has 1 saturated carbocycles. The number of aromatic nitrogens is 2. The molecule has 4 heteroatoms. The van der Waals surface area contributed by atoms with Crippen molar-refractivity contribution < 1.29 is 9.90 Å². The summed E-state index contributed by atoms with van der Waals surface area (Å²) in [6.07, 6.45) is 4.71. The van der Waals surface area contributed by atoms with Gasteiger partial charge in [0.2, 0.25) is 0 Å². The Bertz CT molecular complexity index is 598. The molecule has 0 saturated heterocycles. The smallest absolute Gasteiger partial charge is 0.315 e. The summed E-state index contributed by atoms with van der Waals surface area (Å²) in [6.45, 7) is 0. The van der Waals surface area contributed by atoms with Gasteiger partial charge in [0, 0.05) is 5.39 Å². The normalized spacial score (nSPS) is 18.0. The second kappa shape index (κ2) is 4.05. The highest BCUT2D eigenvalue weighted by Gasteiger charge is 2.45. The van der Waals surface area contributed by atoms with E-state index in [2.05, 4.69) is 9.97 Å². The van der Waals surface area contributed by atoms with Crippen molar-refractivity contribution in [2.24, 2.45) is 0 Å². The summed E-state index contributed by atoms with van der Waals surface area (Å²) in [5.41, 5.74) is 0.677. The predicted octanol–water partition coefficient (Wildman–Crippen LogP) is 2.53. The van der Waals surface area contributed by atoms with Crippen LogP contribution >= 0.6 is 0 Å². The molecule has 1 fully saturated rings. The minimum Gasteiger partial charge on any atom is -0.481 e. The minimum atomic E-state index is -0.817. The number of carbonyl (C=O) groups is 1. The van der Waals surface area contributed by atoms with E-state index in [9.17, 15) is 9.90 Å². The number of carboxylic acid groups (broad SMARTS) is 1. The van der Waals surface area contributed by atoms with E-state index in [1.807, 2.05) is 24.3 Å². The number of fused-ring (bicyclic) bond motifs is 1. The molecule has 1 aliphatic carbocycles. The van der Waals surface area contributed by atoms with E-state index in [0.717, 1.165) is 23.7 Å². The molecule has 0 radical (unpaired) electrons. The molecule has 2 aromatic rings. The van der Waals surface area contributed by atoms with Gasteiger partial charge in [0.25, 0.3) is 0 Å². The molecule has 1 aromatic carbocycles. The van der Waals surface area contributed by atoms with Gasteiger partial charge in [0.05, 0.1) is 11.2 Å². The summed E-state index contributed by atoms with van der Waals surface area (Å²) in [5.74, 6) is -0.760. The van der Waals surface area contributed by atoms with Crippen LogP contribution in [-0.4, -0.2) is 21.0 Å². The van der Waals surface area contributed by atoms with Gasteiger partial charge >= 0.3 is 5.97 Å². The quantitative estimate of drug-likeness (QED) is 0.878. The first-order valence-electron chi connectivity index (χ1n) is 6.18. The second-order valence-corrected chi connectivity index (χ2v) is 4.83. The Balaban J connectivity index is 2.27. The van der Waals surface area contributed by atoms with E-state index >= 15 is 0 Å². The molecule has 1 aromatic heterocycles. The molecular formula is C14H14N2O2. The van der Waals surface area contributed by atoms with Crippen LogP contribution in [0.3, 0.4) is 0 Å². The van der Waals surface area contributed by atoms with Crippen molar-refractivity contribution in [3.05, 3.63) is 36.3 Å². The molecule has 0 amide bonds. The lowest BCUT2D eigenvalue weighted by Gasteiger charge is -2.24. The summed E-state index contributed by atoms with van der Waals surface area (Å²) < 4.78 is 0. The monoisotopic (exact) mass is 242 g/mol. The van der Waals surface area contributed by atoms with Gasteiger partial charge in [0.1, 0.15) is 11.7 Å². The minimum absolute atomic E-state index is 0.670. The topological polar surface area (TPSA) is 63.1 Å². The predicted molar refractivity (Wildman–Crippen MR) is 67.3 cm³/mol. The lowest BCUT2D eigenvalue weighted by Crippen LogP contribution is -2.33. The van der Waals surface area contributed by atoms with Crippen molar-refractivity contribution in [2.45, 2.75) is 31.1 Å². The Kier molecular flexibility index (Phi) is 2.51. The molecule has 1 aliphatic rings. The van der Waals surface area contributed by atoms with E-state index < -0.39 is 11.4 Å². The molecule has 0 spiro atoms. The summed E-state index contributed by atoms with van der Waals surface area (Å²) in [5, 5.41) is 10.5. The van der Waals surface area contributed by atoms with Crippen LogP contribution in [0.2, 0.25) is 0 Å². The van der Waals surface area contributed by atoms with Crippen molar-refractivity contribution in [1.29, 1.82) is 0 Å². The zero-order valence-electron chi connectivity index (χ0n) is 9.97. The second-order valence-electron chi connectivity index (χ2n) is 4.83. The Morgan fingerprint density at radius 3 is 2.61 bits per heavy atom. The van der Waals surface area contributed by atoms with E-state index in [4.69, 9.17) is 0 Å². The van der Waals surface area contributed by atoms with E-state index in [1.54, 1.807) is 0 Å². The molecule has 1 heterocycles. The highest BCUT2D eigenvalue weighted by Crippen LogP contribution is 2.42. The number of rotatable bonds is 2. The van der Waals surface area contributed by atoms with Crippen LogP contribution in [-0.2, 0) is 10.2 Å². The first kappa shape index (κ1) is 11.1. The van der Waals surface area contributed by atoms with Gasteiger partial charge in [-0.3, -0.25) is 4.79 Å². The van der Waals surface area contributed by atoms with Crippen LogP contribution in [0, 0.1) is 0 Å². The van der Waals surface area contributed by atoms with Crippen LogP contribution in [0.15, 0.2) is 30.6 Å². The van der Waals surface area contributed by atoms with E-state index in [-0.39, 0.29) is 0 Å². The van der Waals surface area contributed by atoms with Gasteiger partial charge < -0.3 is 5.11 Å². The van der Waals surface area contributed by atoms with Crippen molar-refractivity contribution >= 4 is 16.9 Å². The molecule has 1 N–H and O–H groups in total. The van der Waals surface area contributed by atoms with Gasteiger partial charge in [-0.2, -0.15) is 0 Å². The number of para-hydroxylation sites is 1. The number of nitrogens with zero attached hydrogens (tertiary/aromatic N) is 2. The highest BCUT2D eigenvalue weighted by molar-refractivity contribution is 5.90. The van der Waals surface area contributed by atoms with Gasteiger partial charge in [-0.15, -0.1) is 0 Å². The number of carboxylic acids is 1.